The normalized spacial score (nSPS) is 16.7. The zero-order valence-corrected chi connectivity index (χ0v) is 20.9. The van der Waals surface area contributed by atoms with Gasteiger partial charge in [-0.1, -0.05) is 67.2 Å². The quantitative estimate of drug-likeness (QED) is 0.350. The molecule has 0 radical (unpaired) electrons. The van der Waals surface area contributed by atoms with Gasteiger partial charge in [-0.05, 0) is 73.2 Å². The summed E-state index contributed by atoms with van der Waals surface area (Å²) >= 11 is 1.28. The van der Waals surface area contributed by atoms with E-state index in [1.807, 2.05) is 62.4 Å². The second-order valence-electron chi connectivity index (χ2n) is 8.53. The average Bonchev–Trinajstić information content (AvgIpc) is 3.17. The van der Waals surface area contributed by atoms with Crippen LogP contribution in [0.15, 0.2) is 83.4 Å². The highest BCUT2D eigenvalue weighted by Gasteiger charge is 2.41. The number of hydrogen-bond donors (Lipinski definition) is 1. The smallest absolute Gasteiger partial charge is 0.269 e. The molecule has 35 heavy (non-hydrogen) atoms. The van der Waals surface area contributed by atoms with Crippen molar-refractivity contribution in [1.82, 2.24) is 0 Å². The first-order chi connectivity index (χ1) is 16.9. The lowest BCUT2D eigenvalue weighted by Gasteiger charge is -2.20. The predicted octanol–water partition coefficient (Wildman–Crippen LogP) is 5.93. The van der Waals surface area contributed by atoms with Gasteiger partial charge in [-0.15, -0.1) is 0 Å². The van der Waals surface area contributed by atoms with Gasteiger partial charge in [0.25, 0.3) is 5.91 Å². The summed E-state index contributed by atoms with van der Waals surface area (Å²) in [5.74, 6) is -0.663. The Labute approximate surface area is 210 Å². The minimum atomic E-state index is -0.532. The van der Waals surface area contributed by atoms with Crippen LogP contribution in [0.4, 0.5) is 11.4 Å². The van der Waals surface area contributed by atoms with Crippen LogP contribution in [0.1, 0.15) is 29.2 Å². The van der Waals surface area contributed by atoms with E-state index >= 15 is 0 Å². The van der Waals surface area contributed by atoms with E-state index in [0.717, 1.165) is 23.1 Å². The number of aryl methyl sites for hydroxylation is 3. The molecule has 2 amide bonds. The minimum absolute atomic E-state index is 0.0748. The Bertz CT molecular complexity index is 1320. The molecule has 0 spiro atoms. The molecule has 3 aromatic rings. The third-order valence-electron chi connectivity index (χ3n) is 6.14. The van der Waals surface area contributed by atoms with Crippen molar-refractivity contribution < 1.29 is 9.59 Å². The third kappa shape index (κ3) is 5.31. The Morgan fingerprint density at radius 2 is 1.69 bits per heavy atom. The fourth-order valence-electron chi connectivity index (χ4n) is 3.93. The van der Waals surface area contributed by atoms with Gasteiger partial charge in [-0.2, -0.15) is 5.26 Å². The van der Waals surface area contributed by atoms with Crippen molar-refractivity contribution in [2.45, 2.75) is 38.9 Å². The molecule has 1 aliphatic heterocycles. The number of nitrogens with zero attached hydrogens (tertiary/aromatic N) is 2. The van der Waals surface area contributed by atoms with Crippen molar-refractivity contribution >= 4 is 35.0 Å². The number of hydrogen-bond acceptors (Lipinski definition) is 4. The molecule has 3 aromatic carbocycles. The number of carbonyl (C=O) groups is 2. The molecule has 1 heterocycles. The van der Waals surface area contributed by atoms with Crippen LogP contribution in [0.25, 0.3) is 0 Å². The van der Waals surface area contributed by atoms with Crippen LogP contribution < -0.4 is 10.2 Å². The SMILES string of the molecule is CCc1ccc(CC2S/C(=C(/C#N)C(=O)Nc3ccccc3)N(c3ccc(C)c(C)c3)C2=O)cc1. The van der Waals surface area contributed by atoms with Crippen LogP contribution in [-0.4, -0.2) is 17.1 Å². The largest absolute Gasteiger partial charge is 0.321 e. The summed E-state index contributed by atoms with van der Waals surface area (Å²) in [6.45, 7) is 6.09. The van der Waals surface area contributed by atoms with Crippen LogP contribution in [0.2, 0.25) is 0 Å². The molecule has 1 unspecified atom stereocenters. The van der Waals surface area contributed by atoms with E-state index in [2.05, 4.69) is 30.4 Å². The van der Waals surface area contributed by atoms with E-state index in [1.165, 1.54) is 22.2 Å². The highest BCUT2D eigenvalue weighted by molar-refractivity contribution is 8.05. The molecule has 1 fully saturated rings. The standard InChI is InChI=1S/C29H27N3O2S/c1-4-21-11-13-22(14-12-21)17-26-28(34)32(24-15-10-19(2)20(3)16-24)29(35-26)25(18-30)27(33)31-23-8-6-5-7-9-23/h5-16,26H,4,17H2,1-3H3,(H,31,33)/b29-25-. The topological polar surface area (TPSA) is 73.2 Å². The molecule has 0 aromatic heterocycles. The van der Waals surface area contributed by atoms with E-state index in [1.54, 1.807) is 12.1 Å². The van der Waals surface area contributed by atoms with Gasteiger partial charge in [0.05, 0.1) is 5.25 Å². The highest BCUT2D eigenvalue weighted by Crippen LogP contribution is 2.42. The van der Waals surface area contributed by atoms with Gasteiger partial charge < -0.3 is 5.32 Å². The first kappa shape index (κ1) is 24.3. The van der Waals surface area contributed by atoms with Gasteiger partial charge in [0.1, 0.15) is 16.7 Å². The number of carbonyl (C=O) groups excluding carboxylic acids is 2. The van der Waals surface area contributed by atoms with Gasteiger partial charge in [0, 0.05) is 11.4 Å². The monoisotopic (exact) mass is 481 g/mol. The summed E-state index contributed by atoms with van der Waals surface area (Å²) in [5.41, 5.74) is 5.59. The molecule has 0 saturated carbocycles. The lowest BCUT2D eigenvalue weighted by Crippen LogP contribution is -2.31. The second kappa shape index (κ2) is 10.6. The third-order valence-corrected chi connectivity index (χ3v) is 7.40. The van der Waals surface area contributed by atoms with Gasteiger partial charge >= 0.3 is 0 Å². The summed E-state index contributed by atoms with van der Waals surface area (Å²) < 4.78 is 0. The number of nitrogens with one attached hydrogen (secondary N) is 1. The Morgan fingerprint density at radius 3 is 2.31 bits per heavy atom. The molecule has 5 nitrogen and oxygen atoms in total. The summed E-state index contributed by atoms with van der Waals surface area (Å²) in [4.78, 5) is 28.3. The highest BCUT2D eigenvalue weighted by atomic mass is 32.2. The van der Waals surface area contributed by atoms with Crippen LogP contribution >= 0.6 is 11.8 Å². The van der Waals surface area contributed by atoms with Crippen molar-refractivity contribution in [2.24, 2.45) is 0 Å². The van der Waals surface area contributed by atoms with Crippen LogP contribution in [-0.2, 0) is 22.4 Å². The minimum Gasteiger partial charge on any atom is -0.321 e. The molecule has 4 rings (SSSR count). The summed E-state index contributed by atoms with van der Waals surface area (Å²) in [6, 6.07) is 25.0. The second-order valence-corrected chi connectivity index (χ2v) is 9.73. The number of nitriles is 1. The molecular weight excluding hydrogens is 454 g/mol. The van der Waals surface area contributed by atoms with Crippen molar-refractivity contribution in [3.8, 4) is 6.07 Å². The molecule has 6 heteroatoms. The first-order valence-electron chi connectivity index (χ1n) is 11.6. The van der Waals surface area contributed by atoms with Crippen molar-refractivity contribution in [1.29, 1.82) is 5.26 Å². The van der Waals surface area contributed by atoms with Crippen LogP contribution in [0, 0.1) is 25.2 Å². The van der Waals surface area contributed by atoms with E-state index in [-0.39, 0.29) is 11.5 Å². The van der Waals surface area contributed by atoms with Crippen LogP contribution in [0.3, 0.4) is 0 Å². The average molecular weight is 482 g/mol. The number of para-hydroxylation sites is 1. The lowest BCUT2D eigenvalue weighted by molar-refractivity contribution is -0.117. The maximum atomic E-state index is 13.7. The molecule has 1 saturated heterocycles. The van der Waals surface area contributed by atoms with Crippen molar-refractivity contribution in [3.05, 3.63) is 106 Å². The zero-order valence-electron chi connectivity index (χ0n) is 20.0. The Hall–Kier alpha value is -3.82. The summed E-state index contributed by atoms with van der Waals surface area (Å²) in [6.07, 6.45) is 1.46. The number of thioether (sulfide) groups is 1. The van der Waals surface area contributed by atoms with Gasteiger partial charge in [-0.3, -0.25) is 14.5 Å². The van der Waals surface area contributed by atoms with Gasteiger partial charge in [0.2, 0.25) is 5.91 Å². The van der Waals surface area contributed by atoms with Gasteiger partial charge in [-0.25, -0.2) is 0 Å². The Kier molecular flexibility index (Phi) is 7.38. The van der Waals surface area contributed by atoms with E-state index < -0.39 is 11.2 Å². The number of rotatable bonds is 6. The van der Waals surface area contributed by atoms with E-state index in [9.17, 15) is 14.9 Å². The molecule has 0 bridgehead atoms. The maximum Gasteiger partial charge on any atom is 0.269 e. The number of anilines is 2. The maximum absolute atomic E-state index is 13.7. The molecule has 1 aliphatic rings. The Morgan fingerprint density at radius 1 is 1.00 bits per heavy atom. The van der Waals surface area contributed by atoms with Gasteiger partial charge in [0.15, 0.2) is 0 Å². The van der Waals surface area contributed by atoms with Crippen LogP contribution in [0.5, 0.6) is 0 Å². The van der Waals surface area contributed by atoms with Crippen molar-refractivity contribution in [3.63, 3.8) is 0 Å². The fourth-order valence-corrected chi connectivity index (χ4v) is 5.24. The zero-order chi connectivity index (χ0) is 24.9. The van der Waals surface area contributed by atoms with E-state index in [0.29, 0.717) is 22.8 Å². The van der Waals surface area contributed by atoms with E-state index in [4.69, 9.17) is 0 Å². The molecule has 0 aliphatic carbocycles. The Balaban J connectivity index is 1.73. The number of amides is 2. The number of benzene rings is 3. The molecule has 1 N–H and O–H groups in total. The summed E-state index contributed by atoms with van der Waals surface area (Å²) in [5, 5.41) is 12.7. The lowest BCUT2D eigenvalue weighted by atomic mass is 10.0. The molecule has 176 valence electrons. The summed E-state index contributed by atoms with van der Waals surface area (Å²) in [7, 11) is 0. The first-order valence-corrected chi connectivity index (χ1v) is 12.5. The molecule has 1 atom stereocenters. The molecular formula is C29H27N3O2S. The van der Waals surface area contributed by atoms with Crippen molar-refractivity contribution in [2.75, 3.05) is 10.2 Å². The fraction of sp³-hybridized carbons (Fsp3) is 0.207. The predicted molar refractivity (Wildman–Crippen MR) is 142 cm³/mol.